The Morgan fingerprint density at radius 1 is 0.917 bits per heavy atom. The predicted molar refractivity (Wildman–Crippen MR) is 138 cm³/mol. The van der Waals surface area contributed by atoms with E-state index in [4.69, 9.17) is 4.74 Å². The highest BCUT2D eigenvalue weighted by atomic mass is 16.5. The summed E-state index contributed by atoms with van der Waals surface area (Å²) >= 11 is 0. The highest BCUT2D eigenvalue weighted by molar-refractivity contribution is 5.82. The zero-order valence-electron chi connectivity index (χ0n) is 20.7. The molecule has 3 saturated carbocycles. The van der Waals surface area contributed by atoms with Gasteiger partial charge in [0.2, 0.25) is 0 Å². The Morgan fingerprint density at radius 2 is 1.47 bits per heavy atom. The number of benzene rings is 3. The fourth-order valence-electron chi connectivity index (χ4n) is 7.18. The quantitative estimate of drug-likeness (QED) is 0.420. The number of hydrogen-bond acceptors (Lipinski definition) is 3. The number of rotatable bonds is 7. The van der Waals surface area contributed by atoms with E-state index >= 15 is 0 Å². The fourth-order valence-corrected chi connectivity index (χ4v) is 7.18. The van der Waals surface area contributed by atoms with Crippen LogP contribution < -0.4 is 5.32 Å². The van der Waals surface area contributed by atoms with Crippen LogP contribution in [0.3, 0.4) is 0 Å². The van der Waals surface area contributed by atoms with Gasteiger partial charge in [0, 0.05) is 11.3 Å². The molecule has 0 spiro atoms. The number of carboxylic acids is 1. The highest BCUT2D eigenvalue weighted by Gasteiger charge is 2.73. The molecule has 5 heteroatoms. The maximum atomic E-state index is 12.8. The van der Waals surface area contributed by atoms with E-state index in [1.54, 1.807) is 0 Å². The minimum Gasteiger partial charge on any atom is -0.480 e. The average Bonchev–Trinajstić information content (AvgIpc) is 3.14. The monoisotopic (exact) mass is 481 g/mol. The molecule has 184 valence electrons. The second-order valence-corrected chi connectivity index (χ2v) is 11.2. The number of amides is 1. The summed E-state index contributed by atoms with van der Waals surface area (Å²) in [6.45, 7) is 4.56. The molecule has 36 heavy (non-hydrogen) atoms. The van der Waals surface area contributed by atoms with Gasteiger partial charge in [0.1, 0.15) is 12.6 Å². The number of nitrogens with one attached hydrogen (secondary N) is 1. The van der Waals surface area contributed by atoms with Crippen LogP contribution in [-0.4, -0.2) is 29.8 Å². The molecule has 0 radical (unpaired) electrons. The van der Waals surface area contributed by atoms with Crippen LogP contribution in [0.2, 0.25) is 0 Å². The summed E-state index contributed by atoms with van der Waals surface area (Å²) in [5, 5.41) is 12.7. The van der Waals surface area contributed by atoms with Gasteiger partial charge < -0.3 is 15.2 Å². The summed E-state index contributed by atoms with van der Waals surface area (Å²) in [4.78, 5) is 25.1. The van der Waals surface area contributed by atoms with Gasteiger partial charge in [-0.25, -0.2) is 9.59 Å². The first-order chi connectivity index (χ1) is 17.3. The molecular formula is C31H31NO4. The van der Waals surface area contributed by atoms with Crippen molar-refractivity contribution in [1.82, 2.24) is 5.32 Å². The van der Waals surface area contributed by atoms with Crippen molar-refractivity contribution in [3.8, 4) is 11.1 Å². The number of aliphatic carboxylic acids is 1. The third-order valence-corrected chi connectivity index (χ3v) is 8.69. The predicted octanol–water partition coefficient (Wildman–Crippen LogP) is 6.22. The van der Waals surface area contributed by atoms with E-state index in [2.05, 4.69) is 67.7 Å². The minimum atomic E-state index is -0.992. The van der Waals surface area contributed by atoms with E-state index in [9.17, 15) is 14.7 Å². The van der Waals surface area contributed by atoms with Crippen LogP contribution in [0, 0.1) is 5.41 Å². The summed E-state index contributed by atoms with van der Waals surface area (Å²) < 4.78 is 5.65. The molecule has 3 aromatic carbocycles. The number of fused-ring (bicyclic) bond motifs is 3. The van der Waals surface area contributed by atoms with Crippen molar-refractivity contribution in [3.63, 3.8) is 0 Å². The Hall–Kier alpha value is -3.60. The summed E-state index contributed by atoms with van der Waals surface area (Å²) in [5.74, 6) is -0.633. The van der Waals surface area contributed by atoms with Gasteiger partial charge in [0.25, 0.3) is 0 Å². The maximum absolute atomic E-state index is 12.8. The molecule has 0 aliphatic heterocycles. The van der Waals surface area contributed by atoms with Crippen LogP contribution in [-0.2, 0) is 14.9 Å². The van der Waals surface area contributed by atoms with Crippen LogP contribution >= 0.6 is 0 Å². The molecular weight excluding hydrogens is 450 g/mol. The van der Waals surface area contributed by atoms with Crippen molar-refractivity contribution in [3.05, 3.63) is 95.1 Å². The first-order valence-electron chi connectivity index (χ1n) is 12.8. The number of hydrogen-bond donors (Lipinski definition) is 2. The number of carbonyl (C=O) groups is 2. The second kappa shape index (κ2) is 8.22. The molecule has 0 aromatic heterocycles. The lowest BCUT2D eigenvalue weighted by molar-refractivity contribution is -0.183. The van der Waals surface area contributed by atoms with Crippen LogP contribution in [0.4, 0.5) is 4.79 Å². The van der Waals surface area contributed by atoms with Crippen LogP contribution in [0.1, 0.15) is 67.2 Å². The smallest absolute Gasteiger partial charge is 0.407 e. The van der Waals surface area contributed by atoms with Gasteiger partial charge in [0.15, 0.2) is 0 Å². The van der Waals surface area contributed by atoms with E-state index < -0.39 is 23.5 Å². The summed E-state index contributed by atoms with van der Waals surface area (Å²) in [5.41, 5.74) is 6.89. The number of carboxylic acid groups (broad SMARTS) is 1. The van der Waals surface area contributed by atoms with E-state index in [1.807, 2.05) is 24.3 Å². The van der Waals surface area contributed by atoms with Crippen molar-refractivity contribution in [2.24, 2.45) is 5.41 Å². The molecule has 1 atom stereocenters. The summed E-state index contributed by atoms with van der Waals surface area (Å²) in [6.07, 6.45) is 1.68. The molecule has 3 fully saturated rings. The van der Waals surface area contributed by atoms with Gasteiger partial charge >= 0.3 is 12.1 Å². The highest BCUT2D eigenvalue weighted by Crippen LogP contribution is 2.75. The SMILES string of the molecule is CC(C)c1ccccc1C12CC(C(NC(=O)OCC3c4ccccc4-c4ccccc43)C(=O)O)(C1)C2. The van der Waals surface area contributed by atoms with Crippen molar-refractivity contribution in [2.75, 3.05) is 6.61 Å². The third-order valence-electron chi connectivity index (χ3n) is 8.69. The molecule has 1 amide bonds. The van der Waals surface area contributed by atoms with Gasteiger partial charge in [-0.15, -0.1) is 0 Å². The maximum Gasteiger partial charge on any atom is 0.407 e. The number of ether oxygens (including phenoxy) is 1. The van der Waals surface area contributed by atoms with Crippen LogP contribution in [0.15, 0.2) is 72.8 Å². The Morgan fingerprint density at radius 3 is 2.06 bits per heavy atom. The third kappa shape index (κ3) is 3.36. The van der Waals surface area contributed by atoms with Crippen molar-refractivity contribution in [2.45, 2.75) is 56.4 Å². The Labute approximate surface area is 211 Å². The second-order valence-electron chi connectivity index (χ2n) is 11.2. The van der Waals surface area contributed by atoms with Gasteiger partial charge in [-0.05, 0) is 64.0 Å². The minimum absolute atomic E-state index is 0.0391. The van der Waals surface area contributed by atoms with E-state index in [1.165, 1.54) is 11.1 Å². The lowest BCUT2D eigenvalue weighted by atomic mass is 9.31. The Kier molecular flexibility index (Phi) is 5.22. The van der Waals surface area contributed by atoms with Crippen molar-refractivity contribution in [1.29, 1.82) is 0 Å². The largest absolute Gasteiger partial charge is 0.480 e. The molecule has 3 aromatic rings. The number of carbonyl (C=O) groups excluding carboxylic acids is 1. The van der Waals surface area contributed by atoms with E-state index in [0.717, 1.165) is 41.5 Å². The molecule has 5 nitrogen and oxygen atoms in total. The molecule has 4 aliphatic rings. The van der Waals surface area contributed by atoms with Gasteiger partial charge in [-0.2, -0.15) is 0 Å². The van der Waals surface area contributed by atoms with Crippen LogP contribution in [0.25, 0.3) is 11.1 Å². The zero-order chi connectivity index (χ0) is 25.1. The topological polar surface area (TPSA) is 75.6 Å². The summed E-state index contributed by atoms with van der Waals surface area (Å²) in [6, 6.07) is 23.9. The van der Waals surface area contributed by atoms with Crippen LogP contribution in [0.5, 0.6) is 0 Å². The van der Waals surface area contributed by atoms with E-state index in [-0.39, 0.29) is 17.9 Å². The fraction of sp³-hybridized carbons (Fsp3) is 0.355. The molecule has 2 N–H and O–H groups in total. The van der Waals surface area contributed by atoms with Crippen molar-refractivity contribution >= 4 is 12.1 Å². The summed E-state index contributed by atoms with van der Waals surface area (Å²) in [7, 11) is 0. The molecule has 0 saturated heterocycles. The zero-order valence-corrected chi connectivity index (χ0v) is 20.7. The standard InChI is InChI=1S/C31H31NO4/c1-19(2)20-9-7-8-14-26(20)30-16-31(17-30,18-30)27(28(33)34)32-29(35)36-15-25-23-12-5-3-10-21(23)22-11-4-6-13-24(22)25/h3-14,19,25,27H,15-18H2,1-2H3,(H,32,35)(H,33,34). The molecule has 1 unspecified atom stereocenters. The Balaban J connectivity index is 1.13. The normalized spacial score (nSPS) is 24.2. The average molecular weight is 482 g/mol. The first kappa shape index (κ1) is 22.8. The molecule has 7 rings (SSSR count). The molecule has 4 aliphatic carbocycles. The first-order valence-corrected chi connectivity index (χ1v) is 12.8. The molecule has 2 bridgehead atoms. The number of alkyl carbamates (subject to hydrolysis) is 1. The van der Waals surface area contributed by atoms with Gasteiger partial charge in [-0.3, -0.25) is 0 Å². The lowest BCUT2D eigenvalue weighted by Crippen LogP contribution is -2.73. The van der Waals surface area contributed by atoms with E-state index in [0.29, 0.717) is 5.92 Å². The van der Waals surface area contributed by atoms with Gasteiger partial charge in [-0.1, -0.05) is 86.6 Å². The molecule has 0 heterocycles. The van der Waals surface area contributed by atoms with Gasteiger partial charge in [0.05, 0.1) is 0 Å². The van der Waals surface area contributed by atoms with Crippen molar-refractivity contribution < 1.29 is 19.4 Å². The Bertz CT molecular complexity index is 1290. The lowest BCUT2D eigenvalue weighted by Gasteiger charge is -2.73.